The third kappa shape index (κ3) is 3.85. The van der Waals surface area contributed by atoms with E-state index in [0.29, 0.717) is 29.7 Å². The minimum atomic E-state index is -0.0558. The van der Waals surface area contributed by atoms with E-state index in [-0.39, 0.29) is 18.6 Å². The van der Waals surface area contributed by atoms with Crippen LogP contribution >= 0.6 is 0 Å². The van der Waals surface area contributed by atoms with Gasteiger partial charge in [-0.1, -0.05) is 20.8 Å². The number of carbonyl (C=O) groups excluding carboxylic acids is 1. The van der Waals surface area contributed by atoms with Gasteiger partial charge in [-0.2, -0.15) is 0 Å². The molecule has 0 aromatic heterocycles. The Morgan fingerprint density at radius 1 is 1.03 bits per heavy atom. The molecule has 4 heteroatoms. The van der Waals surface area contributed by atoms with Crippen LogP contribution in [0.3, 0.4) is 0 Å². The van der Waals surface area contributed by atoms with E-state index >= 15 is 0 Å². The second-order valence-electron chi connectivity index (χ2n) is 11.9. The van der Waals surface area contributed by atoms with Crippen LogP contribution in [0.25, 0.3) is 0 Å². The highest BCUT2D eigenvalue weighted by Gasteiger charge is 2.60. The maximum Gasteiger partial charge on any atom is 0.220 e. The minimum absolute atomic E-state index is 0.0188. The van der Waals surface area contributed by atoms with Crippen LogP contribution in [0.1, 0.15) is 91.4 Å². The molecule has 0 aliphatic heterocycles. The first-order valence-corrected chi connectivity index (χ1v) is 12.8. The van der Waals surface area contributed by atoms with E-state index in [1.807, 2.05) is 0 Å². The molecular formula is C26H45NO3. The second-order valence-corrected chi connectivity index (χ2v) is 11.9. The van der Waals surface area contributed by atoms with Gasteiger partial charge in [0.25, 0.3) is 0 Å². The lowest BCUT2D eigenvalue weighted by Crippen LogP contribution is -2.54. The van der Waals surface area contributed by atoms with Crippen LogP contribution in [0.2, 0.25) is 0 Å². The number of hydrogen-bond acceptors (Lipinski definition) is 3. The molecule has 0 bridgehead atoms. The van der Waals surface area contributed by atoms with Gasteiger partial charge in [-0.15, -0.1) is 0 Å². The third-order valence-corrected chi connectivity index (χ3v) is 10.7. The van der Waals surface area contributed by atoms with Crippen molar-refractivity contribution in [1.29, 1.82) is 0 Å². The lowest BCUT2D eigenvalue weighted by atomic mass is 9.44. The van der Waals surface area contributed by atoms with Crippen molar-refractivity contribution in [2.24, 2.45) is 46.3 Å². The van der Waals surface area contributed by atoms with Crippen LogP contribution in [0.15, 0.2) is 0 Å². The third-order valence-electron chi connectivity index (χ3n) is 10.7. The monoisotopic (exact) mass is 419 g/mol. The minimum Gasteiger partial charge on any atom is -0.395 e. The van der Waals surface area contributed by atoms with Gasteiger partial charge in [-0.3, -0.25) is 4.79 Å². The molecule has 4 nitrogen and oxygen atoms in total. The summed E-state index contributed by atoms with van der Waals surface area (Å²) in [6, 6.07) is 0. The quantitative estimate of drug-likeness (QED) is 0.592. The fraction of sp³-hybridized carbons (Fsp3) is 0.962. The number of rotatable bonds is 6. The number of amides is 1. The average Bonchev–Trinajstić information content (AvgIpc) is 3.08. The van der Waals surface area contributed by atoms with Gasteiger partial charge in [0, 0.05) is 13.0 Å². The molecule has 3 N–H and O–H groups in total. The van der Waals surface area contributed by atoms with E-state index in [9.17, 15) is 9.90 Å². The molecule has 0 saturated heterocycles. The maximum atomic E-state index is 12.0. The van der Waals surface area contributed by atoms with Gasteiger partial charge in [0.05, 0.1) is 12.7 Å². The smallest absolute Gasteiger partial charge is 0.220 e. The summed E-state index contributed by atoms with van der Waals surface area (Å²) in [5, 5.41) is 21.9. The van der Waals surface area contributed by atoms with Gasteiger partial charge < -0.3 is 15.5 Å². The van der Waals surface area contributed by atoms with Gasteiger partial charge in [-0.25, -0.2) is 0 Å². The molecule has 4 rings (SSSR count). The summed E-state index contributed by atoms with van der Waals surface area (Å²) < 4.78 is 0. The predicted molar refractivity (Wildman–Crippen MR) is 120 cm³/mol. The summed E-state index contributed by atoms with van der Waals surface area (Å²) >= 11 is 0. The molecule has 4 fully saturated rings. The van der Waals surface area contributed by atoms with Crippen LogP contribution in [0.5, 0.6) is 0 Å². The summed E-state index contributed by atoms with van der Waals surface area (Å²) in [6.45, 7) is 7.93. The predicted octanol–water partition coefficient (Wildman–Crippen LogP) is 4.53. The average molecular weight is 420 g/mol. The SMILES string of the molecule is C[C@H](CCC(=O)NCCO)[C@@H]1CC[C@@H]2[C@H]3CC[C@@H]4C[C@H](O)CC[C@]4(C)[C@@H]3CC[C@@]21C. The molecule has 0 aromatic carbocycles. The van der Waals surface area contributed by atoms with Crippen LogP contribution in [0.4, 0.5) is 0 Å². The highest BCUT2D eigenvalue weighted by atomic mass is 16.3. The summed E-state index contributed by atoms with van der Waals surface area (Å²) in [6.07, 6.45) is 12.9. The zero-order chi connectivity index (χ0) is 21.5. The zero-order valence-corrected chi connectivity index (χ0v) is 19.5. The van der Waals surface area contributed by atoms with Crippen molar-refractivity contribution in [3.63, 3.8) is 0 Å². The Balaban J connectivity index is 1.42. The second kappa shape index (κ2) is 8.73. The molecule has 172 valence electrons. The fourth-order valence-corrected chi connectivity index (χ4v) is 9.05. The molecule has 9 atom stereocenters. The van der Waals surface area contributed by atoms with Gasteiger partial charge >= 0.3 is 0 Å². The Kier molecular flexibility index (Phi) is 6.57. The summed E-state index contributed by atoms with van der Waals surface area (Å²) in [5.74, 6) is 4.76. The standard InChI is InChI=1S/C26H45NO3/c1-17(4-9-24(30)27-14-15-28)21-7-8-22-20-6-5-18-16-19(29)10-12-25(18,2)23(20)11-13-26(21,22)3/h17-23,28-29H,4-16H2,1-3H3,(H,27,30)/t17-,18-,19-,20-,21+,22-,23-,25+,26-/m1/s1. The molecule has 0 aromatic rings. The lowest BCUT2D eigenvalue weighted by molar-refractivity contribution is -0.129. The first-order valence-electron chi connectivity index (χ1n) is 12.8. The van der Waals surface area contributed by atoms with Crippen LogP contribution in [-0.2, 0) is 4.79 Å². The molecule has 1 amide bonds. The van der Waals surface area contributed by atoms with Crippen molar-refractivity contribution >= 4 is 5.91 Å². The molecule has 30 heavy (non-hydrogen) atoms. The van der Waals surface area contributed by atoms with Crippen molar-refractivity contribution in [1.82, 2.24) is 5.32 Å². The van der Waals surface area contributed by atoms with Crippen molar-refractivity contribution in [3.8, 4) is 0 Å². The first kappa shape index (κ1) is 22.6. The van der Waals surface area contributed by atoms with E-state index in [2.05, 4.69) is 26.1 Å². The van der Waals surface area contributed by atoms with Crippen LogP contribution < -0.4 is 5.32 Å². The van der Waals surface area contributed by atoms with Crippen molar-refractivity contribution < 1.29 is 15.0 Å². The van der Waals surface area contributed by atoms with Gasteiger partial charge in [0.1, 0.15) is 0 Å². The molecule has 0 heterocycles. The normalized spacial score (nSPS) is 46.4. The Labute approximate surface area is 183 Å². The summed E-state index contributed by atoms with van der Waals surface area (Å²) in [7, 11) is 0. The van der Waals surface area contributed by atoms with Crippen molar-refractivity contribution in [2.75, 3.05) is 13.2 Å². The van der Waals surface area contributed by atoms with E-state index in [0.717, 1.165) is 48.9 Å². The van der Waals surface area contributed by atoms with Crippen LogP contribution in [0, 0.1) is 46.3 Å². The van der Waals surface area contributed by atoms with Crippen LogP contribution in [-0.4, -0.2) is 35.4 Å². The number of carbonyl (C=O) groups is 1. The van der Waals surface area contributed by atoms with Crippen molar-refractivity contribution in [2.45, 2.75) is 97.5 Å². The molecule has 0 radical (unpaired) electrons. The fourth-order valence-electron chi connectivity index (χ4n) is 9.05. The Bertz CT molecular complexity index is 623. The van der Waals surface area contributed by atoms with Gasteiger partial charge in [0.15, 0.2) is 0 Å². The molecule has 4 aliphatic rings. The number of fused-ring (bicyclic) bond motifs is 5. The number of hydrogen-bond donors (Lipinski definition) is 3. The maximum absolute atomic E-state index is 12.0. The Morgan fingerprint density at radius 3 is 2.53 bits per heavy atom. The highest BCUT2D eigenvalue weighted by molar-refractivity contribution is 5.75. The molecule has 4 aliphatic carbocycles. The topological polar surface area (TPSA) is 69.6 Å². The number of aliphatic hydroxyl groups is 2. The zero-order valence-electron chi connectivity index (χ0n) is 19.5. The lowest BCUT2D eigenvalue weighted by Gasteiger charge is -2.61. The van der Waals surface area contributed by atoms with E-state index in [1.54, 1.807) is 0 Å². The largest absolute Gasteiger partial charge is 0.395 e. The summed E-state index contributed by atoms with van der Waals surface area (Å²) in [5.41, 5.74) is 0.900. The summed E-state index contributed by atoms with van der Waals surface area (Å²) in [4.78, 5) is 12.0. The Hall–Kier alpha value is -0.610. The molecule has 0 unspecified atom stereocenters. The Morgan fingerprint density at radius 2 is 1.77 bits per heavy atom. The first-order chi connectivity index (χ1) is 14.3. The molecule has 4 saturated carbocycles. The van der Waals surface area contributed by atoms with Gasteiger partial charge in [0.2, 0.25) is 5.91 Å². The van der Waals surface area contributed by atoms with Crippen molar-refractivity contribution in [3.05, 3.63) is 0 Å². The van der Waals surface area contributed by atoms with E-state index < -0.39 is 0 Å². The number of aliphatic hydroxyl groups excluding tert-OH is 2. The van der Waals surface area contributed by atoms with E-state index in [1.165, 1.54) is 44.9 Å². The number of nitrogens with one attached hydrogen (secondary N) is 1. The van der Waals surface area contributed by atoms with Gasteiger partial charge in [-0.05, 0) is 111 Å². The molecular weight excluding hydrogens is 374 g/mol. The highest BCUT2D eigenvalue weighted by Crippen LogP contribution is 2.68. The molecule has 0 spiro atoms. The van der Waals surface area contributed by atoms with E-state index in [4.69, 9.17) is 5.11 Å².